The Morgan fingerprint density at radius 1 is 1.10 bits per heavy atom. The number of rotatable bonds is 10. The monoisotopic (exact) mass is 609 g/mol. The molecule has 222 valence electrons. The molecule has 6 rings (SSSR count). The molecule has 2 fully saturated rings. The van der Waals surface area contributed by atoms with Crippen molar-refractivity contribution in [3.63, 3.8) is 0 Å². The van der Waals surface area contributed by atoms with Gasteiger partial charge in [0.1, 0.15) is 4.70 Å². The van der Waals surface area contributed by atoms with Gasteiger partial charge in [0.05, 0.1) is 56.1 Å². The van der Waals surface area contributed by atoms with Crippen molar-refractivity contribution in [1.29, 1.82) is 0 Å². The van der Waals surface area contributed by atoms with Crippen molar-refractivity contribution in [1.82, 2.24) is 0 Å². The van der Waals surface area contributed by atoms with Crippen molar-refractivity contribution in [2.24, 2.45) is 5.41 Å². The van der Waals surface area contributed by atoms with Crippen molar-refractivity contribution in [2.75, 3.05) is 45.0 Å². The number of carbonyl (C=O) groups is 1. The molecule has 0 atom stereocenters. The van der Waals surface area contributed by atoms with Gasteiger partial charge < -0.3 is 28.6 Å². The maximum absolute atomic E-state index is 11.9. The Hall–Kier alpha value is -2.73. The Morgan fingerprint density at radius 3 is 2.64 bits per heavy atom. The lowest BCUT2D eigenvalue weighted by Gasteiger charge is -2.26. The van der Waals surface area contributed by atoms with Crippen LogP contribution in [0.2, 0.25) is 0 Å². The van der Waals surface area contributed by atoms with Gasteiger partial charge in [0, 0.05) is 30.0 Å². The van der Waals surface area contributed by atoms with Crippen molar-refractivity contribution < 1.29 is 33.0 Å². The first-order valence-electron chi connectivity index (χ1n) is 14.3. The van der Waals surface area contributed by atoms with Crippen LogP contribution in [0.1, 0.15) is 30.8 Å². The van der Waals surface area contributed by atoms with Gasteiger partial charge in [-0.3, -0.25) is 4.79 Å². The standard InChI is InChI=1S/C32H37N2O6S2/c1-32(2,31-39-17-18-40-31)21-34-23-7-4-5-8-25(23)41-28(34)10-6-9-27-33(14-13-30-37-15-16-38-30)24-12-11-22(19-26(24)42-27)20-29(35)36-3/h4-12,19,30-31H,13-18,20-21H2,1-3H3/q+1. The van der Waals surface area contributed by atoms with E-state index >= 15 is 0 Å². The highest BCUT2D eigenvalue weighted by Crippen LogP contribution is 2.46. The van der Waals surface area contributed by atoms with Gasteiger partial charge in [0.25, 0.3) is 5.01 Å². The number of nitrogens with zero attached hydrogens (tertiary/aromatic N) is 2. The zero-order valence-corrected chi connectivity index (χ0v) is 25.9. The summed E-state index contributed by atoms with van der Waals surface area (Å²) in [6, 6.07) is 14.7. The summed E-state index contributed by atoms with van der Waals surface area (Å²) in [5.41, 5.74) is 3.08. The molecule has 42 heavy (non-hydrogen) atoms. The number of benzene rings is 2. The van der Waals surface area contributed by atoms with Gasteiger partial charge in [-0.05, 0) is 43.7 Å². The van der Waals surface area contributed by atoms with Crippen LogP contribution in [0.5, 0.6) is 0 Å². The Morgan fingerprint density at radius 2 is 1.86 bits per heavy atom. The summed E-state index contributed by atoms with van der Waals surface area (Å²) >= 11 is 3.49. The van der Waals surface area contributed by atoms with Crippen LogP contribution in [0.15, 0.2) is 64.5 Å². The summed E-state index contributed by atoms with van der Waals surface area (Å²) in [4.78, 5) is 15.3. The summed E-state index contributed by atoms with van der Waals surface area (Å²) in [6.07, 6.45) is 7.12. The Kier molecular flexibility index (Phi) is 8.99. The number of esters is 1. The number of aromatic nitrogens is 1. The van der Waals surface area contributed by atoms with Gasteiger partial charge in [-0.1, -0.05) is 47.4 Å². The van der Waals surface area contributed by atoms with E-state index in [1.807, 2.05) is 6.07 Å². The summed E-state index contributed by atoms with van der Waals surface area (Å²) in [5.74, 6) is -0.241. The van der Waals surface area contributed by atoms with Crippen molar-refractivity contribution in [2.45, 2.75) is 50.7 Å². The number of thiazole rings is 1. The first-order valence-corrected chi connectivity index (χ1v) is 16.0. The predicted molar refractivity (Wildman–Crippen MR) is 164 cm³/mol. The molecular formula is C32H37N2O6S2+. The van der Waals surface area contributed by atoms with E-state index in [2.05, 4.69) is 77.9 Å². The molecule has 2 saturated heterocycles. The second-order valence-electron chi connectivity index (χ2n) is 11.2. The lowest BCUT2D eigenvalue weighted by atomic mass is 9.92. The maximum Gasteiger partial charge on any atom is 0.309 e. The number of para-hydroxylation sites is 1. The van der Waals surface area contributed by atoms with E-state index in [1.165, 1.54) is 22.3 Å². The van der Waals surface area contributed by atoms with Crippen LogP contribution >= 0.6 is 23.1 Å². The highest BCUT2D eigenvalue weighted by atomic mass is 32.2. The molecule has 0 aliphatic carbocycles. The molecule has 3 aliphatic rings. The maximum atomic E-state index is 11.9. The third kappa shape index (κ3) is 6.44. The predicted octanol–water partition coefficient (Wildman–Crippen LogP) is 5.53. The van der Waals surface area contributed by atoms with Gasteiger partial charge in [0.15, 0.2) is 19.1 Å². The molecule has 0 bridgehead atoms. The summed E-state index contributed by atoms with van der Waals surface area (Å²) in [5, 5.41) is 2.29. The van der Waals surface area contributed by atoms with Gasteiger partial charge in [-0.25, -0.2) is 0 Å². The fraction of sp³-hybridized carbons (Fsp3) is 0.438. The minimum absolute atomic E-state index is 0.178. The molecule has 0 saturated carbocycles. The van der Waals surface area contributed by atoms with Gasteiger partial charge >= 0.3 is 5.97 Å². The Bertz CT molecular complexity index is 1490. The van der Waals surface area contributed by atoms with Crippen LogP contribution in [0, 0.1) is 5.41 Å². The average molecular weight is 610 g/mol. The molecule has 0 unspecified atom stereocenters. The number of methoxy groups -OCH3 is 1. The van der Waals surface area contributed by atoms with E-state index in [-0.39, 0.29) is 30.4 Å². The molecule has 0 spiro atoms. The highest BCUT2D eigenvalue weighted by molar-refractivity contribution is 8.03. The SMILES string of the molecule is COC(=O)Cc1ccc2c(c1)S/C(=C\C=C\c1sc3ccccc3[n+]1CC(C)(C)C1OCCO1)N2CCC1OCCO1. The smallest absolute Gasteiger partial charge is 0.309 e. The van der Waals surface area contributed by atoms with Crippen LogP contribution in [0.3, 0.4) is 0 Å². The van der Waals surface area contributed by atoms with Gasteiger partial charge in [-0.15, -0.1) is 0 Å². The number of carbonyl (C=O) groups excluding carboxylic acids is 1. The zero-order chi connectivity index (χ0) is 29.1. The molecular weight excluding hydrogens is 572 g/mol. The minimum atomic E-state index is -0.241. The van der Waals surface area contributed by atoms with E-state index in [1.54, 1.807) is 23.1 Å². The molecule has 3 aromatic rings. The molecule has 8 nitrogen and oxygen atoms in total. The van der Waals surface area contributed by atoms with E-state index in [0.717, 1.165) is 40.7 Å². The topological polar surface area (TPSA) is 70.3 Å². The summed E-state index contributed by atoms with van der Waals surface area (Å²) in [6.45, 7) is 8.51. The van der Waals surface area contributed by atoms with Crippen LogP contribution in [-0.2, 0) is 41.4 Å². The quantitative estimate of drug-likeness (QED) is 0.220. The first-order chi connectivity index (χ1) is 20.4. The van der Waals surface area contributed by atoms with E-state index in [4.69, 9.17) is 23.7 Å². The van der Waals surface area contributed by atoms with Crippen LogP contribution < -0.4 is 9.47 Å². The second kappa shape index (κ2) is 12.9. The van der Waals surface area contributed by atoms with Gasteiger partial charge in [0.2, 0.25) is 5.52 Å². The molecule has 3 aliphatic heterocycles. The number of anilines is 1. The normalized spacial score (nSPS) is 19.1. The second-order valence-corrected chi connectivity index (χ2v) is 13.3. The highest BCUT2D eigenvalue weighted by Gasteiger charge is 2.39. The zero-order valence-electron chi connectivity index (χ0n) is 24.2. The van der Waals surface area contributed by atoms with Gasteiger partial charge in [-0.2, -0.15) is 4.57 Å². The number of hydrogen-bond donors (Lipinski definition) is 0. The number of ether oxygens (including phenoxy) is 5. The van der Waals surface area contributed by atoms with Crippen LogP contribution in [-0.4, -0.2) is 58.6 Å². The summed E-state index contributed by atoms with van der Waals surface area (Å²) < 4.78 is 31.7. The molecule has 0 radical (unpaired) electrons. The van der Waals surface area contributed by atoms with Crippen molar-refractivity contribution in [3.05, 3.63) is 70.2 Å². The Balaban J connectivity index is 1.27. The third-order valence-corrected chi connectivity index (χ3v) is 9.83. The van der Waals surface area contributed by atoms with E-state index in [0.29, 0.717) is 26.4 Å². The fourth-order valence-electron chi connectivity index (χ4n) is 5.51. The molecule has 10 heteroatoms. The molecule has 1 aromatic heterocycles. The van der Waals surface area contributed by atoms with Crippen LogP contribution in [0.25, 0.3) is 16.3 Å². The van der Waals surface area contributed by atoms with Crippen LogP contribution in [0.4, 0.5) is 5.69 Å². The molecule has 0 amide bonds. The molecule has 2 aromatic carbocycles. The Labute approximate surface area is 254 Å². The first kappa shape index (κ1) is 29.3. The molecule has 0 N–H and O–H groups in total. The number of fused-ring (bicyclic) bond motifs is 2. The number of thioether (sulfide) groups is 1. The minimum Gasteiger partial charge on any atom is -0.469 e. The van der Waals surface area contributed by atoms with Crippen molar-refractivity contribution in [3.8, 4) is 0 Å². The fourth-order valence-corrected chi connectivity index (χ4v) is 7.75. The largest absolute Gasteiger partial charge is 0.469 e. The van der Waals surface area contributed by atoms with Crippen molar-refractivity contribution >= 4 is 51.0 Å². The number of hydrogen-bond acceptors (Lipinski definition) is 9. The lowest BCUT2D eigenvalue weighted by Crippen LogP contribution is -2.47. The average Bonchev–Trinajstić information content (AvgIpc) is 3.79. The molecule has 4 heterocycles. The number of allylic oxidation sites excluding steroid dienone is 2. The van der Waals surface area contributed by atoms with E-state index in [9.17, 15) is 4.79 Å². The summed E-state index contributed by atoms with van der Waals surface area (Å²) in [7, 11) is 1.42. The third-order valence-electron chi connectivity index (χ3n) is 7.59. The lowest BCUT2D eigenvalue weighted by molar-refractivity contribution is -0.684. The van der Waals surface area contributed by atoms with E-state index < -0.39 is 0 Å².